The van der Waals surface area contributed by atoms with Crippen molar-refractivity contribution in [1.82, 2.24) is 0 Å². The maximum Gasteiger partial charge on any atom is 1.00 e. The van der Waals surface area contributed by atoms with E-state index < -0.39 is 7.32 Å². The first kappa shape index (κ1) is 45.3. The number of hydrogen-bond acceptors (Lipinski definition) is 3. The summed E-state index contributed by atoms with van der Waals surface area (Å²) in [5.74, 6) is 0. The largest absolute Gasteiger partial charge is 1.00 e. The zero-order valence-corrected chi connectivity index (χ0v) is 7.30. The van der Waals surface area contributed by atoms with Gasteiger partial charge in [-0.2, -0.15) is 0 Å². The Labute approximate surface area is 79.1 Å². The van der Waals surface area contributed by atoms with Crippen LogP contribution in [0, 0.1) is 0 Å². The van der Waals surface area contributed by atoms with Gasteiger partial charge in [0.05, 0.1) is 0 Å². The molecule has 62 valence electrons. The van der Waals surface area contributed by atoms with Gasteiger partial charge in [0.1, 0.15) is 0 Å². The van der Waals surface area contributed by atoms with Crippen LogP contribution in [-0.4, -0.2) is 34.7 Å². The summed E-state index contributed by atoms with van der Waals surface area (Å²) in [6.45, 7) is 0. The normalized spacial score (nSPS) is 8.70. The zero-order chi connectivity index (χ0) is 2.99. The van der Waals surface area contributed by atoms with Crippen molar-refractivity contribution < 1.29 is 71.6 Å². The third-order valence-electron chi connectivity index (χ3n) is 0.175. The van der Waals surface area contributed by atoms with Gasteiger partial charge in [0.15, 0.2) is 0 Å². The van der Waals surface area contributed by atoms with Gasteiger partial charge in [-0.05, 0) is 0 Å². The van der Waals surface area contributed by atoms with Gasteiger partial charge in [-0.1, -0.05) is 0 Å². The Kier molecular flexibility index (Phi) is 102. The molecule has 10 heteroatoms. The minimum absolute atomic E-state index is 0. The third kappa shape index (κ3) is 37.4. The monoisotopic (exact) mass is 172 g/mol. The Morgan fingerprint density at radius 3 is 0.900 bits per heavy atom. The molecule has 10 N–H and O–H groups in total. The molecular weight excluding hydrogens is 162 g/mol. The fraction of sp³-hybridized carbons (Fsp3) is 0. The van der Waals surface area contributed by atoms with Crippen molar-refractivity contribution in [2.45, 2.75) is 0 Å². The molecule has 0 aromatic carbocycles. The maximum atomic E-state index is 9.19. The van der Waals surface area contributed by atoms with E-state index in [4.69, 9.17) is 0 Å². The standard InChI is InChI=1S/BO3.Na.5H2O/c2-1-3-4-1;;;;;;/h;;5*1H2/q-1;+1;;;;;. The Bertz CT molecular complexity index is 28.4. The van der Waals surface area contributed by atoms with Gasteiger partial charge in [-0.25, -0.2) is 0 Å². The predicted octanol–water partition coefficient (Wildman–Crippen LogP) is -8.83. The SMILES string of the molecule is O.O.O.O.O.[Na+].[O-]B1OO1. The van der Waals surface area contributed by atoms with Gasteiger partial charge in [0, 0.05) is 0 Å². The fourth-order valence-electron chi connectivity index (χ4n) is 0.0227. The van der Waals surface area contributed by atoms with Crippen LogP contribution in [0.2, 0.25) is 0 Å². The zero-order valence-electron chi connectivity index (χ0n) is 5.30. The van der Waals surface area contributed by atoms with E-state index in [1.54, 1.807) is 0 Å². The second-order valence-electron chi connectivity index (χ2n) is 0.481. The summed E-state index contributed by atoms with van der Waals surface area (Å²) in [5.41, 5.74) is 0. The molecule has 1 saturated heterocycles. The van der Waals surface area contributed by atoms with Crippen molar-refractivity contribution >= 4 is 7.32 Å². The van der Waals surface area contributed by atoms with E-state index in [1.165, 1.54) is 0 Å². The van der Waals surface area contributed by atoms with Gasteiger partial charge in [0.2, 0.25) is 0 Å². The summed E-state index contributed by atoms with van der Waals surface area (Å²) in [4.78, 5) is 7.31. The Hall–Kier alpha value is 0.745. The molecule has 1 heterocycles. The van der Waals surface area contributed by atoms with Crippen LogP contribution in [0.15, 0.2) is 0 Å². The molecule has 10 heavy (non-hydrogen) atoms. The van der Waals surface area contributed by atoms with E-state index in [2.05, 4.69) is 9.61 Å². The second kappa shape index (κ2) is 22.6. The van der Waals surface area contributed by atoms with Crippen molar-refractivity contribution in [2.75, 3.05) is 0 Å². The van der Waals surface area contributed by atoms with E-state index in [-0.39, 0.29) is 56.9 Å². The van der Waals surface area contributed by atoms with Gasteiger partial charge >= 0.3 is 36.9 Å². The molecule has 1 aliphatic heterocycles. The molecule has 0 bridgehead atoms. The van der Waals surface area contributed by atoms with Gasteiger partial charge < -0.3 is 32.4 Å². The molecule has 0 amide bonds. The number of hydrogen-bond donors (Lipinski definition) is 0. The van der Waals surface area contributed by atoms with E-state index in [0.717, 1.165) is 0 Å². The molecule has 0 aromatic rings. The Morgan fingerprint density at radius 2 is 0.900 bits per heavy atom. The first-order valence-corrected chi connectivity index (χ1v) is 0.874. The van der Waals surface area contributed by atoms with Crippen LogP contribution in [0.5, 0.6) is 0 Å². The molecule has 8 nitrogen and oxygen atoms in total. The molecule has 0 aromatic heterocycles. The Balaban J connectivity index is -0.00000000667. The predicted molar refractivity (Wildman–Crippen MR) is 26.0 cm³/mol. The van der Waals surface area contributed by atoms with Crippen LogP contribution >= 0.6 is 0 Å². The minimum atomic E-state index is -1.17. The first-order chi connectivity index (χ1) is 1.89. The van der Waals surface area contributed by atoms with Crippen LogP contribution in [0.3, 0.4) is 0 Å². The topological polar surface area (TPSA) is 206 Å². The van der Waals surface area contributed by atoms with Gasteiger partial charge in [-0.15, -0.1) is 0 Å². The molecule has 0 atom stereocenters. The summed E-state index contributed by atoms with van der Waals surface area (Å²) < 4.78 is 0. The molecule has 0 radical (unpaired) electrons. The molecule has 0 unspecified atom stereocenters. The smallest absolute Gasteiger partial charge is 0.828 e. The number of rotatable bonds is 0. The average molecular weight is 172 g/mol. The second-order valence-corrected chi connectivity index (χ2v) is 0.481. The molecule has 1 rings (SSSR count). The van der Waals surface area contributed by atoms with E-state index >= 15 is 0 Å². The van der Waals surface area contributed by atoms with Crippen LogP contribution in [0.25, 0.3) is 0 Å². The van der Waals surface area contributed by atoms with Gasteiger partial charge in [0.25, 0.3) is 0 Å². The molecule has 0 spiro atoms. The van der Waals surface area contributed by atoms with Crippen molar-refractivity contribution in [1.29, 1.82) is 0 Å². The summed E-state index contributed by atoms with van der Waals surface area (Å²) in [7, 11) is -1.17. The molecule has 0 saturated carbocycles. The molecule has 0 aliphatic carbocycles. The van der Waals surface area contributed by atoms with E-state index in [9.17, 15) is 5.02 Å². The third-order valence-corrected chi connectivity index (χ3v) is 0.175. The first-order valence-electron chi connectivity index (χ1n) is 0.874. The van der Waals surface area contributed by atoms with Crippen molar-refractivity contribution in [3.8, 4) is 0 Å². The van der Waals surface area contributed by atoms with Crippen molar-refractivity contribution in [3.05, 3.63) is 0 Å². The Morgan fingerprint density at radius 1 is 0.800 bits per heavy atom. The summed E-state index contributed by atoms with van der Waals surface area (Å²) >= 11 is 0. The average Bonchev–Trinajstić information content (AvgIpc) is 1.75. The minimum Gasteiger partial charge on any atom is -0.828 e. The van der Waals surface area contributed by atoms with E-state index in [0.29, 0.717) is 0 Å². The maximum absolute atomic E-state index is 9.19. The van der Waals surface area contributed by atoms with Crippen LogP contribution in [0.1, 0.15) is 0 Å². The fourth-order valence-corrected chi connectivity index (χ4v) is 0.0227. The molecule has 1 fully saturated rings. The van der Waals surface area contributed by atoms with Crippen LogP contribution in [0.4, 0.5) is 0 Å². The molecular formula is H10BNaO8. The van der Waals surface area contributed by atoms with Crippen molar-refractivity contribution in [3.63, 3.8) is 0 Å². The quantitative estimate of drug-likeness (QED) is 0.198. The van der Waals surface area contributed by atoms with Crippen LogP contribution < -0.4 is 34.6 Å². The van der Waals surface area contributed by atoms with E-state index in [1.807, 2.05) is 0 Å². The van der Waals surface area contributed by atoms with Gasteiger partial charge in [-0.3, -0.25) is 9.61 Å². The summed E-state index contributed by atoms with van der Waals surface area (Å²) in [6.07, 6.45) is 0. The molecule has 1 aliphatic rings. The van der Waals surface area contributed by atoms with Crippen molar-refractivity contribution in [2.24, 2.45) is 0 Å². The van der Waals surface area contributed by atoms with Crippen LogP contribution in [-0.2, 0) is 9.61 Å². The summed E-state index contributed by atoms with van der Waals surface area (Å²) in [6, 6.07) is 0. The summed E-state index contributed by atoms with van der Waals surface area (Å²) in [5, 5.41) is 9.19.